The molecule has 7 heteroatoms. The number of carbonyl (C=O) groups is 2. The molecule has 0 bridgehead atoms. The first-order chi connectivity index (χ1) is 14.1. The maximum atomic E-state index is 13.1. The minimum atomic E-state index is -0.446. The van der Waals surface area contributed by atoms with Gasteiger partial charge in [0, 0.05) is 12.6 Å². The molecule has 0 spiro atoms. The van der Waals surface area contributed by atoms with Crippen LogP contribution in [0.1, 0.15) is 50.6 Å². The number of hydrogen-bond acceptors (Lipinski definition) is 6. The number of ether oxygens (including phenoxy) is 3. The van der Waals surface area contributed by atoms with Crippen LogP contribution >= 0.6 is 0 Å². The van der Waals surface area contributed by atoms with Gasteiger partial charge in [-0.3, -0.25) is 9.69 Å². The molecule has 2 saturated heterocycles. The molecule has 1 aromatic rings. The summed E-state index contributed by atoms with van der Waals surface area (Å²) in [5, 5.41) is 0. The molecule has 2 aliphatic heterocycles. The Morgan fingerprint density at radius 2 is 1.83 bits per heavy atom. The quantitative estimate of drug-likeness (QED) is 0.651. The molecule has 0 unspecified atom stereocenters. The molecule has 0 N–H and O–H groups in total. The summed E-state index contributed by atoms with van der Waals surface area (Å²) in [4.78, 5) is 29.4. The summed E-state index contributed by atoms with van der Waals surface area (Å²) in [6, 6.07) is 5.66. The first-order valence-electron chi connectivity index (χ1n) is 10.5. The zero-order valence-electron chi connectivity index (χ0n) is 17.7. The zero-order chi connectivity index (χ0) is 20.8. The van der Waals surface area contributed by atoms with Crippen molar-refractivity contribution in [2.45, 2.75) is 51.1 Å². The Kier molecular flexibility index (Phi) is 7.36. The topological polar surface area (TPSA) is 68.3 Å². The largest absolute Gasteiger partial charge is 0.493 e. The molecule has 1 aromatic carbocycles. The highest BCUT2D eigenvalue weighted by Crippen LogP contribution is 2.37. The minimum absolute atomic E-state index is 0.00938. The number of amides is 1. The highest BCUT2D eigenvalue weighted by Gasteiger charge is 2.36. The summed E-state index contributed by atoms with van der Waals surface area (Å²) in [6.07, 6.45) is 4.59. The molecule has 2 atom stereocenters. The van der Waals surface area contributed by atoms with E-state index in [2.05, 4.69) is 4.90 Å². The molecule has 2 fully saturated rings. The summed E-state index contributed by atoms with van der Waals surface area (Å²) in [6.45, 7) is 3.93. The first-order valence-corrected chi connectivity index (χ1v) is 10.5. The van der Waals surface area contributed by atoms with E-state index in [1.54, 1.807) is 26.0 Å². The van der Waals surface area contributed by atoms with E-state index in [1.807, 2.05) is 18.2 Å². The second-order valence-corrected chi connectivity index (χ2v) is 7.59. The number of nitrogens with zero attached hydrogens (tertiary/aromatic N) is 2. The van der Waals surface area contributed by atoms with Gasteiger partial charge in [0.25, 0.3) is 0 Å². The van der Waals surface area contributed by atoms with Crippen LogP contribution in [0.5, 0.6) is 11.5 Å². The molecule has 2 aliphatic rings. The van der Waals surface area contributed by atoms with Gasteiger partial charge in [-0.05, 0) is 63.3 Å². The van der Waals surface area contributed by atoms with Crippen molar-refractivity contribution < 1.29 is 23.8 Å². The number of piperidine rings is 1. The highest BCUT2D eigenvalue weighted by atomic mass is 16.5. The lowest BCUT2D eigenvalue weighted by Gasteiger charge is -2.36. The molecule has 0 radical (unpaired) electrons. The lowest BCUT2D eigenvalue weighted by Crippen LogP contribution is -2.51. The lowest BCUT2D eigenvalue weighted by atomic mass is 10.0. The first kappa shape index (κ1) is 21.4. The van der Waals surface area contributed by atoms with Gasteiger partial charge in [-0.25, -0.2) is 4.79 Å². The Balaban J connectivity index is 1.71. The minimum Gasteiger partial charge on any atom is -0.493 e. The molecule has 29 heavy (non-hydrogen) atoms. The number of rotatable bonds is 7. The van der Waals surface area contributed by atoms with Gasteiger partial charge in [-0.2, -0.15) is 0 Å². The maximum absolute atomic E-state index is 13.1. The lowest BCUT2D eigenvalue weighted by molar-refractivity contribution is -0.157. The van der Waals surface area contributed by atoms with Crippen molar-refractivity contribution in [1.29, 1.82) is 0 Å². The molecule has 160 valence electrons. The highest BCUT2D eigenvalue weighted by molar-refractivity contribution is 5.86. The zero-order valence-corrected chi connectivity index (χ0v) is 17.7. The second-order valence-electron chi connectivity index (χ2n) is 7.59. The number of hydrogen-bond donors (Lipinski definition) is 0. The van der Waals surface area contributed by atoms with E-state index in [4.69, 9.17) is 14.2 Å². The van der Waals surface area contributed by atoms with Crippen LogP contribution in [-0.2, 0) is 14.3 Å². The third-order valence-corrected chi connectivity index (χ3v) is 5.88. The van der Waals surface area contributed by atoms with E-state index in [1.165, 1.54) is 0 Å². The van der Waals surface area contributed by atoms with Crippen molar-refractivity contribution in [3.8, 4) is 11.5 Å². The van der Waals surface area contributed by atoms with E-state index in [-0.39, 0.29) is 17.9 Å². The van der Waals surface area contributed by atoms with Crippen molar-refractivity contribution in [3.05, 3.63) is 23.8 Å². The Hall–Kier alpha value is -2.28. The monoisotopic (exact) mass is 404 g/mol. The van der Waals surface area contributed by atoms with Crippen molar-refractivity contribution in [2.24, 2.45) is 0 Å². The summed E-state index contributed by atoms with van der Waals surface area (Å²) >= 11 is 0. The number of carbonyl (C=O) groups excluding carboxylic acids is 2. The predicted octanol–water partition coefficient (Wildman–Crippen LogP) is 2.78. The van der Waals surface area contributed by atoms with Crippen LogP contribution in [0.3, 0.4) is 0 Å². The fourth-order valence-electron chi connectivity index (χ4n) is 4.43. The molecule has 7 nitrogen and oxygen atoms in total. The molecule has 3 rings (SSSR count). The number of benzene rings is 1. The van der Waals surface area contributed by atoms with Gasteiger partial charge in [0.15, 0.2) is 11.5 Å². The molecule has 0 aliphatic carbocycles. The van der Waals surface area contributed by atoms with Gasteiger partial charge in [-0.1, -0.05) is 6.07 Å². The van der Waals surface area contributed by atoms with E-state index in [0.717, 1.165) is 37.8 Å². The van der Waals surface area contributed by atoms with Crippen LogP contribution < -0.4 is 9.47 Å². The average molecular weight is 405 g/mol. The van der Waals surface area contributed by atoms with Crippen molar-refractivity contribution >= 4 is 11.9 Å². The van der Waals surface area contributed by atoms with Crippen molar-refractivity contribution in [2.75, 3.05) is 40.5 Å². The fourth-order valence-corrected chi connectivity index (χ4v) is 4.43. The Morgan fingerprint density at radius 1 is 1.03 bits per heavy atom. The summed E-state index contributed by atoms with van der Waals surface area (Å²) in [7, 11) is 3.25. The Labute approximate surface area is 172 Å². The van der Waals surface area contributed by atoms with Gasteiger partial charge in [0.05, 0.1) is 27.4 Å². The smallest absolute Gasteiger partial charge is 0.328 e. The number of likely N-dealkylation sites (tertiary alicyclic amines) is 2. The Bertz CT molecular complexity index is 723. The van der Waals surface area contributed by atoms with Gasteiger partial charge < -0.3 is 19.1 Å². The van der Waals surface area contributed by atoms with Crippen LogP contribution in [-0.4, -0.2) is 68.2 Å². The molecular weight excluding hydrogens is 372 g/mol. The number of esters is 1. The normalized spacial score (nSPS) is 22.4. The van der Waals surface area contributed by atoms with Crippen LogP contribution in [0.15, 0.2) is 18.2 Å². The van der Waals surface area contributed by atoms with Crippen LogP contribution in [0.25, 0.3) is 0 Å². The average Bonchev–Trinajstić information content (AvgIpc) is 3.21. The van der Waals surface area contributed by atoms with Crippen molar-refractivity contribution in [1.82, 2.24) is 9.80 Å². The summed E-state index contributed by atoms with van der Waals surface area (Å²) in [5.74, 6) is 1.12. The van der Waals surface area contributed by atoms with Gasteiger partial charge >= 0.3 is 5.97 Å². The summed E-state index contributed by atoms with van der Waals surface area (Å²) in [5.41, 5.74) is 1.12. The standard InChI is InChI=1S/C22H32N2O5/c1-4-29-22(26)18-8-5-6-13-24(18)21(25)15-23-12-7-9-17(23)16-10-11-19(27-2)20(14-16)28-3/h10-11,14,17-18H,4-9,12-13,15H2,1-3H3/t17-,18-/m1/s1. The number of methoxy groups -OCH3 is 2. The van der Waals surface area contributed by atoms with Crippen LogP contribution in [0.2, 0.25) is 0 Å². The van der Waals surface area contributed by atoms with Gasteiger partial charge in [-0.15, -0.1) is 0 Å². The van der Waals surface area contributed by atoms with E-state index < -0.39 is 6.04 Å². The van der Waals surface area contributed by atoms with Gasteiger partial charge in [0.2, 0.25) is 5.91 Å². The van der Waals surface area contributed by atoms with Crippen molar-refractivity contribution in [3.63, 3.8) is 0 Å². The molecular formula is C22H32N2O5. The van der Waals surface area contributed by atoms with Crippen LogP contribution in [0, 0.1) is 0 Å². The predicted molar refractivity (Wildman–Crippen MR) is 109 cm³/mol. The molecule has 2 heterocycles. The van der Waals surface area contributed by atoms with Crippen LogP contribution in [0.4, 0.5) is 0 Å². The molecule has 1 amide bonds. The fraction of sp³-hybridized carbons (Fsp3) is 0.636. The molecule has 0 saturated carbocycles. The second kappa shape index (κ2) is 9.96. The van der Waals surface area contributed by atoms with Gasteiger partial charge in [0.1, 0.15) is 6.04 Å². The van der Waals surface area contributed by atoms with E-state index in [0.29, 0.717) is 37.6 Å². The van der Waals surface area contributed by atoms with E-state index in [9.17, 15) is 9.59 Å². The summed E-state index contributed by atoms with van der Waals surface area (Å²) < 4.78 is 16.0. The Morgan fingerprint density at radius 3 is 2.55 bits per heavy atom. The third kappa shape index (κ3) is 4.83. The SMILES string of the molecule is CCOC(=O)[C@H]1CCCCN1C(=O)CN1CCC[C@@H]1c1ccc(OC)c(OC)c1. The molecule has 0 aromatic heterocycles. The maximum Gasteiger partial charge on any atom is 0.328 e. The van der Waals surface area contributed by atoms with E-state index >= 15 is 0 Å². The third-order valence-electron chi connectivity index (χ3n) is 5.88.